The molecule has 0 aliphatic heterocycles. The Morgan fingerprint density at radius 3 is 2.42 bits per heavy atom. The maximum Gasteiger partial charge on any atom is 0.119 e. The largest absolute Gasteiger partial charge is 0.492 e. The lowest BCUT2D eigenvalue weighted by Crippen LogP contribution is -2.24. The van der Waals surface area contributed by atoms with Crippen LogP contribution in [-0.4, -0.2) is 37.7 Å². The molecule has 0 saturated heterocycles. The van der Waals surface area contributed by atoms with E-state index in [0.717, 1.165) is 32.0 Å². The van der Waals surface area contributed by atoms with E-state index < -0.39 is 0 Å². The fourth-order valence-corrected chi connectivity index (χ4v) is 1.84. The van der Waals surface area contributed by atoms with E-state index in [1.165, 1.54) is 12.0 Å². The van der Waals surface area contributed by atoms with Crippen LogP contribution in [0.2, 0.25) is 0 Å². The third-order valence-electron chi connectivity index (χ3n) is 2.98. The summed E-state index contributed by atoms with van der Waals surface area (Å²) >= 11 is 0. The summed E-state index contributed by atoms with van der Waals surface area (Å²) in [6.07, 6.45) is 1.19. The van der Waals surface area contributed by atoms with Crippen LogP contribution in [0, 0.1) is 0 Å². The average Bonchev–Trinajstić information content (AvgIpc) is 2.38. The Kier molecular flexibility index (Phi) is 7.53. The molecule has 3 nitrogen and oxygen atoms in total. The van der Waals surface area contributed by atoms with Gasteiger partial charge in [0.25, 0.3) is 0 Å². The molecule has 0 radical (unpaired) electrons. The van der Waals surface area contributed by atoms with Crippen LogP contribution in [-0.2, 0) is 6.54 Å². The zero-order valence-electron chi connectivity index (χ0n) is 12.8. The molecule has 0 fully saturated rings. The zero-order chi connectivity index (χ0) is 14.1. The molecule has 1 N–H and O–H groups in total. The van der Waals surface area contributed by atoms with Gasteiger partial charge < -0.3 is 15.0 Å². The number of likely N-dealkylation sites (N-methyl/N-ethyl adjacent to an activating group) is 1. The minimum Gasteiger partial charge on any atom is -0.492 e. The van der Waals surface area contributed by atoms with E-state index in [1.807, 2.05) is 0 Å². The molecule has 0 saturated carbocycles. The Morgan fingerprint density at radius 1 is 1.16 bits per heavy atom. The first-order valence-corrected chi connectivity index (χ1v) is 7.25. The van der Waals surface area contributed by atoms with E-state index in [4.69, 9.17) is 4.74 Å². The normalized spacial score (nSPS) is 11.3. The molecule has 1 rings (SSSR count). The molecule has 0 amide bonds. The predicted octanol–water partition coefficient (Wildman–Crippen LogP) is 2.91. The Hall–Kier alpha value is -1.06. The molecule has 1 aromatic rings. The number of ether oxygens (including phenoxy) is 1. The molecule has 0 aliphatic carbocycles. The summed E-state index contributed by atoms with van der Waals surface area (Å²) in [5.41, 5.74) is 1.30. The second kappa shape index (κ2) is 8.94. The van der Waals surface area contributed by atoms with Crippen molar-refractivity contribution < 1.29 is 4.74 Å². The van der Waals surface area contributed by atoms with Crippen molar-refractivity contribution in [1.82, 2.24) is 10.2 Å². The molecule has 3 heteroatoms. The number of benzene rings is 1. The molecule has 0 bridgehead atoms. The Morgan fingerprint density at radius 2 is 1.84 bits per heavy atom. The van der Waals surface area contributed by atoms with Crippen molar-refractivity contribution in [1.29, 1.82) is 0 Å². The summed E-state index contributed by atoms with van der Waals surface area (Å²) in [4.78, 5) is 2.29. The average molecular weight is 264 g/mol. The summed E-state index contributed by atoms with van der Waals surface area (Å²) in [5.74, 6) is 0.957. The topological polar surface area (TPSA) is 24.5 Å². The third kappa shape index (κ3) is 7.19. The molecule has 1 aromatic carbocycles. The quantitative estimate of drug-likeness (QED) is 0.742. The lowest BCUT2D eigenvalue weighted by molar-refractivity contribution is 0.237. The molecule has 0 atom stereocenters. The van der Waals surface area contributed by atoms with Crippen LogP contribution < -0.4 is 10.1 Å². The van der Waals surface area contributed by atoms with Crippen molar-refractivity contribution in [2.75, 3.05) is 26.7 Å². The summed E-state index contributed by atoms with van der Waals surface area (Å²) in [6, 6.07) is 8.87. The van der Waals surface area contributed by atoms with Gasteiger partial charge in [-0.3, -0.25) is 0 Å². The van der Waals surface area contributed by atoms with Crippen molar-refractivity contribution in [3.05, 3.63) is 29.8 Å². The lowest BCUT2D eigenvalue weighted by atomic mass is 10.2. The van der Waals surface area contributed by atoms with Gasteiger partial charge in [-0.15, -0.1) is 0 Å². The van der Waals surface area contributed by atoms with Gasteiger partial charge in [-0.2, -0.15) is 0 Å². The number of nitrogens with one attached hydrogen (secondary N) is 1. The van der Waals surface area contributed by atoms with E-state index in [2.05, 4.69) is 62.3 Å². The maximum atomic E-state index is 5.74. The summed E-state index contributed by atoms with van der Waals surface area (Å²) in [7, 11) is 2.13. The van der Waals surface area contributed by atoms with Crippen molar-refractivity contribution in [2.24, 2.45) is 0 Å². The molecule has 0 spiro atoms. The van der Waals surface area contributed by atoms with Crippen LogP contribution in [0.25, 0.3) is 0 Å². The molecule has 0 unspecified atom stereocenters. The minimum atomic E-state index is 0.519. The first-order valence-electron chi connectivity index (χ1n) is 7.25. The van der Waals surface area contributed by atoms with Gasteiger partial charge in [0.1, 0.15) is 12.4 Å². The summed E-state index contributed by atoms with van der Waals surface area (Å²) in [5, 5.41) is 3.41. The zero-order valence-corrected chi connectivity index (χ0v) is 12.8. The molecular formula is C16H28N2O. The van der Waals surface area contributed by atoms with Gasteiger partial charge in [0.2, 0.25) is 0 Å². The van der Waals surface area contributed by atoms with Crippen LogP contribution in [0.4, 0.5) is 0 Å². The molecule has 0 aromatic heterocycles. The molecule has 0 heterocycles. The van der Waals surface area contributed by atoms with Gasteiger partial charge >= 0.3 is 0 Å². The first-order chi connectivity index (χ1) is 9.11. The van der Waals surface area contributed by atoms with Crippen LogP contribution in [0.5, 0.6) is 5.75 Å². The standard InChI is InChI=1S/C16H28N2O/c1-5-10-18(4)11-12-19-16-8-6-15(7-9-16)13-17-14(2)3/h6-9,14,17H,5,10-13H2,1-4H3. The highest BCUT2D eigenvalue weighted by Crippen LogP contribution is 2.12. The molecule has 0 aliphatic rings. The van der Waals surface area contributed by atoms with Gasteiger partial charge in [-0.1, -0.05) is 32.9 Å². The number of hydrogen-bond donors (Lipinski definition) is 1. The molecule has 19 heavy (non-hydrogen) atoms. The highest BCUT2D eigenvalue weighted by Gasteiger charge is 1.99. The highest BCUT2D eigenvalue weighted by atomic mass is 16.5. The number of rotatable bonds is 9. The van der Waals surface area contributed by atoms with Gasteiger partial charge in [-0.05, 0) is 37.7 Å². The van der Waals surface area contributed by atoms with Gasteiger partial charge in [-0.25, -0.2) is 0 Å². The van der Waals surface area contributed by atoms with Crippen molar-refractivity contribution in [2.45, 2.75) is 39.8 Å². The second-order valence-electron chi connectivity index (χ2n) is 5.33. The smallest absolute Gasteiger partial charge is 0.119 e. The second-order valence-corrected chi connectivity index (χ2v) is 5.33. The van der Waals surface area contributed by atoms with E-state index in [1.54, 1.807) is 0 Å². The Balaban J connectivity index is 2.28. The van der Waals surface area contributed by atoms with Crippen molar-refractivity contribution >= 4 is 0 Å². The van der Waals surface area contributed by atoms with E-state index in [9.17, 15) is 0 Å². The fourth-order valence-electron chi connectivity index (χ4n) is 1.84. The van der Waals surface area contributed by atoms with Crippen molar-refractivity contribution in [3.63, 3.8) is 0 Å². The molecular weight excluding hydrogens is 236 g/mol. The van der Waals surface area contributed by atoms with Crippen LogP contribution in [0.15, 0.2) is 24.3 Å². The first kappa shape index (κ1) is 16.0. The van der Waals surface area contributed by atoms with E-state index >= 15 is 0 Å². The van der Waals surface area contributed by atoms with Gasteiger partial charge in [0.05, 0.1) is 0 Å². The lowest BCUT2D eigenvalue weighted by Gasteiger charge is -2.16. The Bertz CT molecular complexity index is 335. The van der Waals surface area contributed by atoms with E-state index in [-0.39, 0.29) is 0 Å². The summed E-state index contributed by atoms with van der Waals surface area (Å²) in [6.45, 7) is 10.3. The van der Waals surface area contributed by atoms with Gasteiger partial charge in [0, 0.05) is 19.1 Å². The van der Waals surface area contributed by atoms with Crippen LogP contribution in [0.3, 0.4) is 0 Å². The Labute approximate surface area is 118 Å². The summed E-state index contributed by atoms with van der Waals surface area (Å²) < 4.78 is 5.74. The van der Waals surface area contributed by atoms with E-state index in [0.29, 0.717) is 6.04 Å². The monoisotopic (exact) mass is 264 g/mol. The number of hydrogen-bond acceptors (Lipinski definition) is 3. The van der Waals surface area contributed by atoms with Crippen LogP contribution >= 0.6 is 0 Å². The van der Waals surface area contributed by atoms with Crippen LogP contribution in [0.1, 0.15) is 32.8 Å². The molecule has 108 valence electrons. The minimum absolute atomic E-state index is 0.519. The fraction of sp³-hybridized carbons (Fsp3) is 0.625. The van der Waals surface area contributed by atoms with Crippen molar-refractivity contribution in [3.8, 4) is 5.75 Å². The highest BCUT2D eigenvalue weighted by molar-refractivity contribution is 5.27. The van der Waals surface area contributed by atoms with Gasteiger partial charge in [0.15, 0.2) is 0 Å². The SMILES string of the molecule is CCCN(C)CCOc1ccc(CNC(C)C)cc1. The number of nitrogens with zero attached hydrogens (tertiary/aromatic N) is 1. The maximum absolute atomic E-state index is 5.74. The third-order valence-corrected chi connectivity index (χ3v) is 2.98. The predicted molar refractivity (Wildman–Crippen MR) is 81.7 cm³/mol.